The Morgan fingerprint density at radius 2 is 1.90 bits per heavy atom. The van der Waals surface area contributed by atoms with E-state index in [2.05, 4.69) is 24.1 Å². The summed E-state index contributed by atoms with van der Waals surface area (Å²) in [5, 5.41) is 3.05. The molecule has 0 rings (SSSR count). The van der Waals surface area contributed by atoms with Crippen molar-refractivity contribution in [2.24, 2.45) is 5.73 Å². The Hall–Kier alpha value is -0.120. The number of nitrogens with zero attached hydrogens (tertiary/aromatic N) is 1. The van der Waals surface area contributed by atoms with Crippen LogP contribution in [0.1, 0.15) is 13.8 Å². The number of nitrogens with one attached hydrogen (secondary N) is 1. The predicted molar refractivity (Wildman–Crippen MR) is 44.8 cm³/mol. The first-order valence-electron chi connectivity index (χ1n) is 3.90. The molecule has 0 saturated heterocycles. The molecule has 3 heteroatoms. The third-order valence-electron chi connectivity index (χ3n) is 1.69. The Bertz CT molecular complexity index is 71.3. The van der Waals surface area contributed by atoms with E-state index in [0.717, 1.165) is 19.6 Å². The van der Waals surface area contributed by atoms with Crippen molar-refractivity contribution in [1.29, 1.82) is 0 Å². The third-order valence-corrected chi connectivity index (χ3v) is 1.69. The van der Waals surface area contributed by atoms with Crippen LogP contribution in [0.4, 0.5) is 0 Å². The highest BCUT2D eigenvalue weighted by atomic mass is 15.2. The second-order valence-corrected chi connectivity index (χ2v) is 2.35. The van der Waals surface area contributed by atoms with E-state index in [1.165, 1.54) is 0 Å². The van der Waals surface area contributed by atoms with Crippen molar-refractivity contribution in [1.82, 2.24) is 10.2 Å². The van der Waals surface area contributed by atoms with Crippen LogP contribution in [0.15, 0.2) is 0 Å². The van der Waals surface area contributed by atoms with Crippen LogP contribution in [0.3, 0.4) is 0 Å². The van der Waals surface area contributed by atoms with E-state index in [4.69, 9.17) is 5.73 Å². The quantitative estimate of drug-likeness (QED) is 0.528. The summed E-state index contributed by atoms with van der Waals surface area (Å²) in [4.78, 5) is 2.22. The van der Waals surface area contributed by atoms with E-state index in [0.29, 0.717) is 0 Å². The molecule has 1 atom stereocenters. The monoisotopic (exact) mass is 145 g/mol. The van der Waals surface area contributed by atoms with Gasteiger partial charge in [-0.3, -0.25) is 4.90 Å². The van der Waals surface area contributed by atoms with Gasteiger partial charge >= 0.3 is 0 Å². The summed E-state index contributed by atoms with van der Waals surface area (Å²) in [6, 6.07) is 0. The first kappa shape index (κ1) is 9.88. The van der Waals surface area contributed by atoms with Crippen molar-refractivity contribution < 1.29 is 0 Å². The molecule has 0 bridgehead atoms. The van der Waals surface area contributed by atoms with Crippen LogP contribution in [0.5, 0.6) is 0 Å². The van der Waals surface area contributed by atoms with Gasteiger partial charge in [-0.05, 0) is 20.1 Å². The zero-order valence-electron chi connectivity index (χ0n) is 7.22. The SMILES string of the molecule is CCN(CC)C(N)CNC. The molecule has 3 N–H and O–H groups in total. The molecule has 0 fully saturated rings. The van der Waals surface area contributed by atoms with Gasteiger partial charge in [0, 0.05) is 6.54 Å². The Labute approximate surface area is 63.6 Å². The third kappa shape index (κ3) is 3.15. The molecule has 0 spiro atoms. The van der Waals surface area contributed by atoms with Crippen LogP contribution in [0.2, 0.25) is 0 Å². The lowest BCUT2D eigenvalue weighted by Crippen LogP contribution is -2.47. The number of rotatable bonds is 5. The smallest absolute Gasteiger partial charge is 0.0700 e. The Morgan fingerprint density at radius 1 is 1.40 bits per heavy atom. The summed E-state index contributed by atoms with van der Waals surface area (Å²) in [7, 11) is 1.92. The van der Waals surface area contributed by atoms with E-state index >= 15 is 0 Å². The second kappa shape index (κ2) is 5.65. The highest BCUT2D eigenvalue weighted by molar-refractivity contribution is 4.63. The average molecular weight is 145 g/mol. The summed E-state index contributed by atoms with van der Waals surface area (Å²) in [6.45, 7) is 7.17. The predicted octanol–water partition coefficient (Wildman–Crippen LogP) is -0.168. The van der Waals surface area contributed by atoms with Crippen LogP contribution in [0.25, 0.3) is 0 Å². The Balaban J connectivity index is 3.53. The fourth-order valence-corrected chi connectivity index (χ4v) is 1.03. The molecule has 0 saturated carbocycles. The van der Waals surface area contributed by atoms with Crippen LogP contribution in [0, 0.1) is 0 Å². The highest BCUT2D eigenvalue weighted by Gasteiger charge is 2.07. The lowest BCUT2D eigenvalue weighted by atomic mass is 10.4. The minimum Gasteiger partial charge on any atom is -0.317 e. The molecule has 0 heterocycles. The molecule has 3 nitrogen and oxygen atoms in total. The molecule has 0 aromatic carbocycles. The number of likely N-dealkylation sites (N-methyl/N-ethyl adjacent to an activating group) is 2. The maximum atomic E-state index is 5.81. The zero-order chi connectivity index (χ0) is 7.98. The first-order valence-corrected chi connectivity index (χ1v) is 3.90. The van der Waals surface area contributed by atoms with E-state index < -0.39 is 0 Å². The van der Waals surface area contributed by atoms with Gasteiger partial charge in [0.15, 0.2) is 0 Å². The number of hydrogen-bond donors (Lipinski definition) is 2. The lowest BCUT2D eigenvalue weighted by molar-refractivity contribution is 0.219. The molecule has 1 unspecified atom stereocenters. The zero-order valence-corrected chi connectivity index (χ0v) is 7.22. The van der Waals surface area contributed by atoms with Gasteiger partial charge in [0.05, 0.1) is 6.17 Å². The summed E-state index contributed by atoms with van der Waals surface area (Å²) in [5.41, 5.74) is 5.81. The van der Waals surface area contributed by atoms with Gasteiger partial charge in [-0.15, -0.1) is 0 Å². The van der Waals surface area contributed by atoms with E-state index in [9.17, 15) is 0 Å². The average Bonchev–Trinajstić information content (AvgIpc) is 1.91. The molecular formula is C7H19N3. The fraction of sp³-hybridized carbons (Fsp3) is 1.00. The fourth-order valence-electron chi connectivity index (χ4n) is 1.03. The van der Waals surface area contributed by atoms with Crippen LogP contribution in [-0.2, 0) is 0 Å². The van der Waals surface area contributed by atoms with Crippen molar-refractivity contribution >= 4 is 0 Å². The van der Waals surface area contributed by atoms with Gasteiger partial charge in [0.2, 0.25) is 0 Å². The Kier molecular flexibility index (Phi) is 5.58. The normalized spacial score (nSPS) is 14.1. The first-order chi connectivity index (χ1) is 4.76. The van der Waals surface area contributed by atoms with Gasteiger partial charge in [-0.1, -0.05) is 13.8 Å². The van der Waals surface area contributed by atoms with Crippen LogP contribution >= 0.6 is 0 Å². The molecule has 0 aliphatic carbocycles. The van der Waals surface area contributed by atoms with Gasteiger partial charge in [-0.2, -0.15) is 0 Å². The molecule has 0 amide bonds. The van der Waals surface area contributed by atoms with Crippen molar-refractivity contribution in [2.75, 3.05) is 26.7 Å². The minimum atomic E-state index is 0.167. The molecule has 0 aromatic heterocycles. The summed E-state index contributed by atoms with van der Waals surface area (Å²) in [5.74, 6) is 0. The molecular weight excluding hydrogens is 126 g/mol. The van der Waals surface area contributed by atoms with Gasteiger partial charge in [0.1, 0.15) is 0 Å². The van der Waals surface area contributed by atoms with Gasteiger partial charge < -0.3 is 11.1 Å². The molecule has 0 aliphatic rings. The van der Waals surface area contributed by atoms with Crippen molar-refractivity contribution in [3.63, 3.8) is 0 Å². The van der Waals surface area contributed by atoms with Gasteiger partial charge in [-0.25, -0.2) is 0 Å². The Morgan fingerprint density at radius 3 is 2.20 bits per heavy atom. The minimum absolute atomic E-state index is 0.167. The molecule has 10 heavy (non-hydrogen) atoms. The standard InChI is InChI=1S/C7H19N3/c1-4-10(5-2)7(8)6-9-3/h7,9H,4-6,8H2,1-3H3. The molecule has 0 aromatic rings. The lowest BCUT2D eigenvalue weighted by Gasteiger charge is -2.25. The van der Waals surface area contributed by atoms with E-state index in [1.807, 2.05) is 7.05 Å². The highest BCUT2D eigenvalue weighted by Crippen LogP contribution is 1.89. The van der Waals surface area contributed by atoms with Crippen molar-refractivity contribution in [3.05, 3.63) is 0 Å². The van der Waals surface area contributed by atoms with Crippen LogP contribution in [-0.4, -0.2) is 37.7 Å². The van der Waals surface area contributed by atoms with Crippen molar-refractivity contribution in [3.8, 4) is 0 Å². The maximum Gasteiger partial charge on any atom is 0.0700 e. The summed E-state index contributed by atoms with van der Waals surface area (Å²) >= 11 is 0. The molecule has 0 radical (unpaired) electrons. The molecule has 0 aliphatic heterocycles. The van der Waals surface area contributed by atoms with Crippen LogP contribution < -0.4 is 11.1 Å². The second-order valence-electron chi connectivity index (χ2n) is 2.35. The summed E-state index contributed by atoms with van der Waals surface area (Å²) in [6.07, 6.45) is 0.167. The van der Waals surface area contributed by atoms with E-state index in [1.54, 1.807) is 0 Å². The number of nitrogens with two attached hydrogens (primary N) is 1. The van der Waals surface area contributed by atoms with E-state index in [-0.39, 0.29) is 6.17 Å². The maximum absolute atomic E-state index is 5.81. The van der Waals surface area contributed by atoms with Crippen molar-refractivity contribution in [2.45, 2.75) is 20.0 Å². The largest absolute Gasteiger partial charge is 0.317 e. The topological polar surface area (TPSA) is 41.3 Å². The molecule has 62 valence electrons. The van der Waals surface area contributed by atoms with Gasteiger partial charge in [0.25, 0.3) is 0 Å². The number of hydrogen-bond acceptors (Lipinski definition) is 3. The summed E-state index contributed by atoms with van der Waals surface area (Å²) < 4.78 is 0.